The van der Waals surface area contributed by atoms with Crippen molar-refractivity contribution in [2.45, 2.75) is 26.0 Å². The summed E-state index contributed by atoms with van der Waals surface area (Å²) in [6, 6.07) is 9.61. The zero-order chi connectivity index (χ0) is 16.8. The zero-order valence-corrected chi connectivity index (χ0v) is 14.2. The van der Waals surface area contributed by atoms with Gasteiger partial charge in [0.25, 0.3) is 0 Å². The van der Waals surface area contributed by atoms with Crippen molar-refractivity contribution in [1.29, 1.82) is 0 Å². The van der Waals surface area contributed by atoms with Crippen LogP contribution >= 0.6 is 0 Å². The number of carbonyl (C=O) groups excluding carboxylic acids is 1. The van der Waals surface area contributed by atoms with E-state index in [1.807, 2.05) is 26.2 Å². The lowest BCUT2D eigenvalue weighted by Gasteiger charge is -2.35. The normalized spacial score (nSPS) is 14.9. The van der Waals surface area contributed by atoms with Gasteiger partial charge in [-0.25, -0.2) is 4.79 Å². The first-order chi connectivity index (χ1) is 10.8. The van der Waals surface area contributed by atoms with Crippen LogP contribution in [0.3, 0.4) is 0 Å². The Balaban J connectivity index is 2.20. The van der Waals surface area contributed by atoms with Crippen LogP contribution in [0.1, 0.15) is 35.6 Å². The van der Waals surface area contributed by atoms with Crippen LogP contribution in [0.5, 0.6) is 5.75 Å². The van der Waals surface area contributed by atoms with Crippen molar-refractivity contribution in [3.8, 4) is 11.4 Å². The van der Waals surface area contributed by atoms with Gasteiger partial charge in [0.05, 0.1) is 24.1 Å². The van der Waals surface area contributed by atoms with Crippen molar-refractivity contribution >= 4 is 5.97 Å². The van der Waals surface area contributed by atoms with Crippen molar-refractivity contribution in [2.24, 2.45) is 0 Å². The fourth-order valence-electron chi connectivity index (χ4n) is 3.03. The Labute approximate surface area is 136 Å². The first-order valence-corrected chi connectivity index (χ1v) is 7.61. The highest BCUT2D eigenvalue weighted by molar-refractivity contribution is 5.90. The third kappa shape index (κ3) is 2.61. The van der Waals surface area contributed by atoms with Gasteiger partial charge in [-0.2, -0.15) is 0 Å². The van der Waals surface area contributed by atoms with Crippen molar-refractivity contribution in [3.05, 3.63) is 47.3 Å². The number of rotatable bonds is 3. The molecule has 0 bridgehead atoms. The lowest BCUT2D eigenvalue weighted by molar-refractivity contribution is 0.0600. The first kappa shape index (κ1) is 15.6. The molecule has 0 aliphatic carbocycles. The second kappa shape index (κ2) is 5.42. The van der Waals surface area contributed by atoms with Crippen LogP contribution in [-0.2, 0) is 16.9 Å². The quantitative estimate of drug-likeness (QED) is 0.817. The molecule has 0 fully saturated rings. The lowest BCUT2D eigenvalue weighted by atomic mass is 10.0. The van der Waals surface area contributed by atoms with Crippen LogP contribution in [0.2, 0.25) is 0 Å². The SMILES string of the molecule is COC(=O)c1ccc2c(c1)-n1c(CN(C)C)ccc1C(C)(C)O2. The minimum atomic E-state index is -0.426. The number of hydrogen-bond donors (Lipinski definition) is 0. The van der Waals surface area contributed by atoms with E-state index in [0.717, 1.165) is 29.4 Å². The maximum absolute atomic E-state index is 11.9. The molecule has 0 N–H and O–H groups in total. The Morgan fingerprint density at radius 1 is 1.26 bits per heavy atom. The van der Waals surface area contributed by atoms with Crippen molar-refractivity contribution in [2.75, 3.05) is 21.2 Å². The summed E-state index contributed by atoms with van der Waals surface area (Å²) >= 11 is 0. The summed E-state index contributed by atoms with van der Waals surface area (Å²) in [5, 5.41) is 0. The van der Waals surface area contributed by atoms with Crippen molar-refractivity contribution < 1.29 is 14.3 Å². The fraction of sp³-hybridized carbons (Fsp3) is 0.389. The number of benzene rings is 1. The summed E-state index contributed by atoms with van der Waals surface area (Å²) in [6.07, 6.45) is 0. The van der Waals surface area contributed by atoms with Gasteiger partial charge in [0, 0.05) is 12.2 Å². The number of esters is 1. The summed E-state index contributed by atoms with van der Waals surface area (Å²) < 4.78 is 13.2. The van der Waals surface area contributed by atoms with Gasteiger partial charge < -0.3 is 18.9 Å². The highest BCUT2D eigenvalue weighted by Crippen LogP contribution is 2.41. The predicted molar refractivity (Wildman–Crippen MR) is 88.2 cm³/mol. The molecule has 0 saturated carbocycles. The molecule has 2 heterocycles. The number of aromatic nitrogens is 1. The maximum atomic E-state index is 11.9. The molecule has 2 aromatic rings. The van der Waals surface area contributed by atoms with Gasteiger partial charge >= 0.3 is 5.97 Å². The van der Waals surface area contributed by atoms with E-state index in [0.29, 0.717) is 5.56 Å². The molecule has 1 aromatic carbocycles. The minimum absolute atomic E-state index is 0.347. The van der Waals surface area contributed by atoms with Crippen LogP contribution in [0, 0.1) is 0 Å². The summed E-state index contributed by atoms with van der Waals surface area (Å²) in [4.78, 5) is 14.0. The summed E-state index contributed by atoms with van der Waals surface area (Å²) in [6.45, 7) is 4.91. The summed E-state index contributed by atoms with van der Waals surface area (Å²) in [5.41, 5.74) is 3.20. The standard InChI is InChI=1S/C18H22N2O3/c1-18(2)16-9-7-13(11-19(3)4)20(16)14-10-12(17(21)22-5)6-8-15(14)23-18/h6-10H,11H2,1-5H3. The van der Waals surface area contributed by atoms with Gasteiger partial charge in [-0.05, 0) is 58.3 Å². The van der Waals surface area contributed by atoms with E-state index >= 15 is 0 Å². The molecule has 1 aliphatic heterocycles. The van der Waals surface area contributed by atoms with E-state index < -0.39 is 5.60 Å². The molecule has 0 amide bonds. The second-order valence-electron chi connectivity index (χ2n) is 6.57. The maximum Gasteiger partial charge on any atom is 0.337 e. The van der Waals surface area contributed by atoms with Gasteiger partial charge in [-0.15, -0.1) is 0 Å². The Hall–Kier alpha value is -2.27. The van der Waals surface area contributed by atoms with E-state index in [1.165, 1.54) is 7.11 Å². The molecule has 0 saturated heterocycles. The molecular weight excluding hydrogens is 292 g/mol. The number of hydrogen-bond acceptors (Lipinski definition) is 4. The number of carbonyl (C=O) groups is 1. The lowest BCUT2D eigenvalue weighted by Crippen LogP contribution is -2.33. The van der Waals surface area contributed by atoms with Crippen LogP contribution in [0.4, 0.5) is 0 Å². The molecule has 0 atom stereocenters. The molecule has 23 heavy (non-hydrogen) atoms. The molecule has 0 spiro atoms. The van der Waals surface area contributed by atoms with E-state index in [1.54, 1.807) is 6.07 Å². The third-order valence-corrected chi connectivity index (χ3v) is 4.04. The highest BCUT2D eigenvalue weighted by Gasteiger charge is 2.34. The molecule has 1 aromatic heterocycles. The number of nitrogens with zero attached hydrogens (tertiary/aromatic N) is 2. The molecule has 0 radical (unpaired) electrons. The Kier molecular flexibility index (Phi) is 3.68. The zero-order valence-electron chi connectivity index (χ0n) is 14.2. The van der Waals surface area contributed by atoms with Crippen LogP contribution in [0.15, 0.2) is 30.3 Å². The van der Waals surface area contributed by atoms with Crippen LogP contribution in [-0.4, -0.2) is 36.6 Å². The average Bonchev–Trinajstić information content (AvgIpc) is 2.90. The van der Waals surface area contributed by atoms with Crippen LogP contribution in [0.25, 0.3) is 5.69 Å². The molecule has 1 aliphatic rings. The minimum Gasteiger partial charge on any atom is -0.479 e. The number of ether oxygens (including phenoxy) is 2. The Morgan fingerprint density at radius 3 is 2.65 bits per heavy atom. The van der Waals surface area contributed by atoms with E-state index in [4.69, 9.17) is 9.47 Å². The Morgan fingerprint density at radius 2 is 2.00 bits per heavy atom. The van der Waals surface area contributed by atoms with Crippen LogP contribution < -0.4 is 4.74 Å². The monoisotopic (exact) mass is 314 g/mol. The molecule has 5 heteroatoms. The van der Waals surface area contributed by atoms with Gasteiger partial charge in [0.15, 0.2) is 0 Å². The van der Waals surface area contributed by atoms with Crippen molar-refractivity contribution in [1.82, 2.24) is 9.47 Å². The van der Waals surface area contributed by atoms with E-state index in [-0.39, 0.29) is 5.97 Å². The van der Waals surface area contributed by atoms with Crippen molar-refractivity contribution in [3.63, 3.8) is 0 Å². The largest absolute Gasteiger partial charge is 0.479 e. The molecule has 122 valence electrons. The second-order valence-corrected chi connectivity index (χ2v) is 6.57. The van der Waals surface area contributed by atoms with E-state index in [9.17, 15) is 4.79 Å². The van der Waals surface area contributed by atoms with Gasteiger partial charge in [-0.3, -0.25) is 0 Å². The number of methoxy groups -OCH3 is 1. The molecule has 5 nitrogen and oxygen atoms in total. The highest BCUT2D eigenvalue weighted by atomic mass is 16.5. The Bertz CT molecular complexity index is 760. The summed E-state index contributed by atoms with van der Waals surface area (Å²) in [7, 11) is 5.46. The fourth-order valence-corrected chi connectivity index (χ4v) is 3.03. The molecular formula is C18H22N2O3. The third-order valence-electron chi connectivity index (χ3n) is 4.04. The average molecular weight is 314 g/mol. The van der Waals surface area contributed by atoms with Gasteiger partial charge in [-0.1, -0.05) is 0 Å². The molecule has 3 rings (SSSR count). The topological polar surface area (TPSA) is 43.7 Å². The first-order valence-electron chi connectivity index (χ1n) is 7.61. The predicted octanol–water partition coefficient (Wildman–Crippen LogP) is 2.95. The summed E-state index contributed by atoms with van der Waals surface area (Å²) in [5.74, 6) is 0.423. The van der Waals surface area contributed by atoms with Gasteiger partial charge in [0.1, 0.15) is 11.4 Å². The molecule has 0 unspecified atom stereocenters. The van der Waals surface area contributed by atoms with E-state index in [2.05, 4.69) is 35.4 Å². The number of fused-ring (bicyclic) bond motifs is 3. The van der Waals surface area contributed by atoms with Gasteiger partial charge in [0.2, 0.25) is 0 Å². The smallest absolute Gasteiger partial charge is 0.337 e.